The Morgan fingerprint density at radius 2 is 2.04 bits per heavy atom. The molecule has 1 heterocycles. The maximum atomic E-state index is 13.1. The first kappa shape index (κ1) is 16.7. The summed E-state index contributed by atoms with van der Waals surface area (Å²) in [5, 5.41) is 0.877. The highest BCUT2D eigenvalue weighted by Gasteiger charge is 2.20. The number of aryl methyl sites for hydroxylation is 1. The molecule has 124 valence electrons. The van der Waals surface area contributed by atoms with Crippen molar-refractivity contribution in [2.45, 2.75) is 13.3 Å². The smallest absolute Gasteiger partial charge is 0.182 e. The van der Waals surface area contributed by atoms with Gasteiger partial charge in [0, 0.05) is 23.5 Å². The summed E-state index contributed by atoms with van der Waals surface area (Å²) >= 11 is 1.68. The molecule has 0 amide bonds. The van der Waals surface area contributed by atoms with Gasteiger partial charge in [0.15, 0.2) is 11.0 Å². The first-order valence-electron chi connectivity index (χ1n) is 7.94. The summed E-state index contributed by atoms with van der Waals surface area (Å²) in [5.74, 6) is 0.617. The Labute approximate surface area is 145 Å². The van der Waals surface area contributed by atoms with Crippen molar-refractivity contribution in [1.29, 1.82) is 0 Å². The minimum Gasteiger partial charge on any atom is -0.313 e. The van der Waals surface area contributed by atoms with Crippen LogP contribution in [-0.4, -0.2) is 29.8 Å². The van der Waals surface area contributed by atoms with Crippen LogP contribution < -0.4 is 4.90 Å². The largest absolute Gasteiger partial charge is 0.313 e. The topological polar surface area (TPSA) is 32.7 Å². The number of halogens is 1. The minimum atomic E-state index is -0.339. The molecule has 2 aromatic rings. The maximum Gasteiger partial charge on any atom is 0.182 e. The zero-order valence-corrected chi connectivity index (χ0v) is 14.4. The lowest BCUT2D eigenvalue weighted by Crippen LogP contribution is -2.35. The zero-order chi connectivity index (χ0) is 16.9. The molecule has 0 spiro atoms. The zero-order valence-electron chi connectivity index (χ0n) is 13.5. The van der Waals surface area contributed by atoms with Crippen LogP contribution in [0.2, 0.25) is 0 Å². The van der Waals surface area contributed by atoms with Gasteiger partial charge in [-0.05, 0) is 55.3 Å². The number of anilines is 1. The van der Waals surface area contributed by atoms with Crippen LogP contribution in [0.25, 0.3) is 0 Å². The molecular weight excluding hydrogens is 323 g/mol. The van der Waals surface area contributed by atoms with E-state index in [0.29, 0.717) is 5.56 Å². The normalized spacial score (nSPS) is 14.2. The van der Waals surface area contributed by atoms with Crippen molar-refractivity contribution in [3.8, 4) is 0 Å². The summed E-state index contributed by atoms with van der Waals surface area (Å²) < 4.78 is 13.1. The number of carbonyl (C=O) groups is 1. The quantitative estimate of drug-likeness (QED) is 0.776. The van der Waals surface area contributed by atoms with Gasteiger partial charge in [0.25, 0.3) is 0 Å². The fourth-order valence-electron chi connectivity index (χ4n) is 2.55. The number of hydrogen-bond donors (Lipinski definition) is 0. The van der Waals surface area contributed by atoms with Gasteiger partial charge in [-0.3, -0.25) is 9.79 Å². The third-order valence-corrected chi connectivity index (χ3v) is 4.89. The van der Waals surface area contributed by atoms with E-state index >= 15 is 0 Å². The van der Waals surface area contributed by atoms with E-state index in [0.717, 1.165) is 35.1 Å². The van der Waals surface area contributed by atoms with Gasteiger partial charge in [-0.25, -0.2) is 4.39 Å². The number of thioether (sulfide) groups is 1. The first-order valence-corrected chi connectivity index (χ1v) is 8.92. The van der Waals surface area contributed by atoms with Gasteiger partial charge < -0.3 is 4.90 Å². The number of ketones is 1. The number of hydrogen-bond acceptors (Lipinski definition) is 4. The Morgan fingerprint density at radius 1 is 1.25 bits per heavy atom. The summed E-state index contributed by atoms with van der Waals surface area (Å²) in [7, 11) is 0. The van der Waals surface area contributed by atoms with E-state index in [1.807, 2.05) is 30.0 Å². The van der Waals surface area contributed by atoms with Crippen LogP contribution in [0, 0.1) is 12.7 Å². The van der Waals surface area contributed by atoms with Crippen LogP contribution in [-0.2, 0) is 0 Å². The van der Waals surface area contributed by atoms with E-state index in [4.69, 9.17) is 0 Å². The maximum absolute atomic E-state index is 13.1. The highest BCUT2D eigenvalue weighted by molar-refractivity contribution is 8.14. The fraction of sp³-hybridized carbons (Fsp3) is 0.263. The van der Waals surface area contributed by atoms with Crippen LogP contribution in [0.5, 0.6) is 0 Å². The third kappa shape index (κ3) is 4.03. The molecule has 3 nitrogen and oxygen atoms in total. The van der Waals surface area contributed by atoms with Crippen molar-refractivity contribution in [3.05, 3.63) is 65.5 Å². The number of carbonyl (C=O) groups excluding carboxylic acids is 1. The summed E-state index contributed by atoms with van der Waals surface area (Å²) in [5.41, 5.74) is 2.60. The van der Waals surface area contributed by atoms with Crippen LogP contribution in [0.1, 0.15) is 22.3 Å². The molecule has 24 heavy (non-hydrogen) atoms. The molecule has 5 heteroatoms. The predicted octanol–water partition coefficient (Wildman–Crippen LogP) is 4.32. The number of rotatable bonds is 4. The van der Waals surface area contributed by atoms with Crippen molar-refractivity contribution in [2.24, 2.45) is 4.99 Å². The SMILES string of the molecule is Cc1cccc(N(CC(=O)c2ccc(F)cc2)C2=NCCCS2)c1. The van der Waals surface area contributed by atoms with Crippen LogP contribution >= 0.6 is 11.8 Å². The molecule has 0 radical (unpaired) electrons. The Hall–Kier alpha value is -2.14. The lowest BCUT2D eigenvalue weighted by atomic mass is 10.1. The van der Waals surface area contributed by atoms with Gasteiger partial charge in [-0.15, -0.1) is 0 Å². The Morgan fingerprint density at radius 3 is 2.71 bits per heavy atom. The number of benzene rings is 2. The van der Waals surface area contributed by atoms with Crippen LogP contribution in [0.15, 0.2) is 53.5 Å². The number of amidine groups is 1. The number of nitrogens with zero attached hydrogens (tertiary/aromatic N) is 2. The van der Waals surface area contributed by atoms with Crippen molar-refractivity contribution >= 4 is 28.4 Å². The van der Waals surface area contributed by atoms with Gasteiger partial charge >= 0.3 is 0 Å². The van der Waals surface area contributed by atoms with E-state index in [1.165, 1.54) is 24.3 Å². The number of Topliss-reactive ketones (excluding diaryl/α,β-unsaturated/α-hetero) is 1. The molecule has 0 saturated carbocycles. The molecule has 1 aliphatic rings. The van der Waals surface area contributed by atoms with E-state index in [-0.39, 0.29) is 18.1 Å². The summed E-state index contributed by atoms with van der Waals surface area (Å²) in [6.45, 7) is 3.01. The van der Waals surface area contributed by atoms with Crippen molar-refractivity contribution in [1.82, 2.24) is 0 Å². The monoisotopic (exact) mass is 342 g/mol. The van der Waals surface area contributed by atoms with Crippen molar-refractivity contribution in [2.75, 3.05) is 23.7 Å². The van der Waals surface area contributed by atoms with Crippen molar-refractivity contribution < 1.29 is 9.18 Å². The molecule has 0 saturated heterocycles. The summed E-state index contributed by atoms with van der Waals surface area (Å²) in [6.07, 6.45) is 1.06. The van der Waals surface area contributed by atoms with Gasteiger partial charge in [-0.2, -0.15) is 0 Å². The minimum absolute atomic E-state index is 0.0506. The summed E-state index contributed by atoms with van der Waals surface area (Å²) in [6, 6.07) is 13.7. The second-order valence-electron chi connectivity index (χ2n) is 5.72. The van der Waals surface area contributed by atoms with Gasteiger partial charge in [-0.1, -0.05) is 23.9 Å². The molecule has 0 aromatic heterocycles. The van der Waals surface area contributed by atoms with Crippen LogP contribution in [0.3, 0.4) is 0 Å². The molecule has 2 aromatic carbocycles. The predicted molar refractivity (Wildman–Crippen MR) is 98.6 cm³/mol. The summed E-state index contributed by atoms with van der Waals surface area (Å²) in [4.78, 5) is 19.2. The lowest BCUT2D eigenvalue weighted by Gasteiger charge is -2.27. The Bertz CT molecular complexity index is 758. The molecular formula is C19H19FN2OS. The van der Waals surface area contributed by atoms with Gasteiger partial charge in [0.1, 0.15) is 5.82 Å². The molecule has 3 rings (SSSR count). The third-order valence-electron chi connectivity index (χ3n) is 3.79. The van der Waals surface area contributed by atoms with Crippen molar-refractivity contribution in [3.63, 3.8) is 0 Å². The average Bonchev–Trinajstić information content (AvgIpc) is 2.61. The molecule has 0 fully saturated rings. The highest BCUT2D eigenvalue weighted by Crippen LogP contribution is 2.24. The van der Waals surface area contributed by atoms with E-state index in [1.54, 1.807) is 11.8 Å². The van der Waals surface area contributed by atoms with E-state index in [9.17, 15) is 9.18 Å². The van der Waals surface area contributed by atoms with Crippen LogP contribution in [0.4, 0.5) is 10.1 Å². The molecule has 1 aliphatic heterocycles. The van der Waals surface area contributed by atoms with E-state index in [2.05, 4.69) is 11.1 Å². The number of aliphatic imine (C=N–C) groups is 1. The standard InChI is InChI=1S/C19H19FN2OS/c1-14-4-2-5-17(12-14)22(19-21-10-3-11-24-19)13-18(23)15-6-8-16(20)9-7-15/h2,4-9,12H,3,10-11,13H2,1H3. The van der Waals surface area contributed by atoms with E-state index < -0.39 is 0 Å². The lowest BCUT2D eigenvalue weighted by molar-refractivity contribution is 0.100. The second kappa shape index (κ2) is 7.62. The fourth-order valence-corrected chi connectivity index (χ4v) is 3.51. The Balaban J connectivity index is 1.88. The Kier molecular flexibility index (Phi) is 5.30. The molecule has 0 bridgehead atoms. The van der Waals surface area contributed by atoms with Gasteiger partial charge in [0.2, 0.25) is 0 Å². The molecule has 0 aliphatic carbocycles. The highest BCUT2D eigenvalue weighted by atomic mass is 32.2. The van der Waals surface area contributed by atoms with Gasteiger partial charge in [0.05, 0.1) is 6.54 Å². The molecule has 0 N–H and O–H groups in total. The molecule has 0 unspecified atom stereocenters. The first-order chi connectivity index (χ1) is 11.6. The average molecular weight is 342 g/mol. The molecule has 0 atom stereocenters. The second-order valence-corrected chi connectivity index (χ2v) is 6.78.